The van der Waals surface area contributed by atoms with Crippen LogP contribution in [0.25, 0.3) is 0 Å². The normalized spacial score (nSPS) is 20.7. The van der Waals surface area contributed by atoms with Crippen molar-refractivity contribution in [1.82, 2.24) is 9.80 Å². The molecule has 1 fully saturated rings. The van der Waals surface area contributed by atoms with Crippen LogP contribution in [0.3, 0.4) is 0 Å². The van der Waals surface area contributed by atoms with E-state index in [-0.39, 0.29) is 17.6 Å². The van der Waals surface area contributed by atoms with Gasteiger partial charge in [-0.15, -0.1) is 0 Å². The third-order valence-electron chi connectivity index (χ3n) is 3.65. The SMILES string of the molecule is CCOC(=O)C(CC)N1CCN(C(C)(C)C)CC1. The zero-order valence-corrected chi connectivity index (χ0v) is 12.5. The van der Waals surface area contributed by atoms with Crippen LogP contribution >= 0.6 is 0 Å². The van der Waals surface area contributed by atoms with E-state index >= 15 is 0 Å². The van der Waals surface area contributed by atoms with Crippen molar-refractivity contribution in [2.75, 3.05) is 32.8 Å². The second-order valence-corrected chi connectivity index (χ2v) is 5.87. The van der Waals surface area contributed by atoms with Gasteiger partial charge in [-0.2, -0.15) is 0 Å². The lowest BCUT2D eigenvalue weighted by molar-refractivity contribution is -0.150. The highest BCUT2D eigenvalue weighted by Gasteiger charge is 2.31. The van der Waals surface area contributed by atoms with Crippen molar-refractivity contribution < 1.29 is 9.53 Å². The minimum Gasteiger partial charge on any atom is -0.465 e. The molecule has 0 spiro atoms. The first-order chi connectivity index (χ1) is 8.40. The van der Waals surface area contributed by atoms with Crippen LogP contribution in [0.5, 0.6) is 0 Å². The summed E-state index contributed by atoms with van der Waals surface area (Å²) in [6, 6.07) is -0.0629. The van der Waals surface area contributed by atoms with Crippen LogP contribution in [-0.2, 0) is 9.53 Å². The van der Waals surface area contributed by atoms with E-state index in [1.54, 1.807) is 0 Å². The number of carbonyl (C=O) groups excluding carboxylic acids is 1. The molecule has 1 saturated heterocycles. The van der Waals surface area contributed by atoms with Gasteiger partial charge in [0, 0.05) is 31.7 Å². The van der Waals surface area contributed by atoms with E-state index in [1.807, 2.05) is 6.92 Å². The van der Waals surface area contributed by atoms with Crippen LogP contribution in [-0.4, -0.2) is 60.1 Å². The summed E-state index contributed by atoms with van der Waals surface area (Å²) in [5.74, 6) is -0.0655. The Balaban J connectivity index is 2.52. The third-order valence-corrected chi connectivity index (χ3v) is 3.65. The van der Waals surface area contributed by atoms with Gasteiger partial charge in [-0.05, 0) is 34.1 Å². The molecule has 0 aromatic rings. The fourth-order valence-electron chi connectivity index (χ4n) is 2.52. The van der Waals surface area contributed by atoms with Crippen LogP contribution in [0.4, 0.5) is 0 Å². The standard InChI is InChI=1S/C14H28N2O2/c1-6-12(13(17)18-7-2)15-8-10-16(11-9-15)14(3,4)5/h12H,6-11H2,1-5H3. The highest BCUT2D eigenvalue weighted by atomic mass is 16.5. The molecule has 0 aromatic heterocycles. The van der Waals surface area contributed by atoms with E-state index in [0.717, 1.165) is 32.6 Å². The topological polar surface area (TPSA) is 32.8 Å². The molecule has 4 heteroatoms. The highest BCUT2D eigenvalue weighted by molar-refractivity contribution is 5.75. The number of esters is 1. The van der Waals surface area contributed by atoms with Gasteiger partial charge < -0.3 is 4.74 Å². The minimum atomic E-state index is -0.0655. The van der Waals surface area contributed by atoms with Gasteiger partial charge in [0.15, 0.2) is 0 Å². The molecule has 0 aromatic carbocycles. The van der Waals surface area contributed by atoms with Crippen molar-refractivity contribution in [1.29, 1.82) is 0 Å². The lowest BCUT2D eigenvalue weighted by Gasteiger charge is -2.43. The van der Waals surface area contributed by atoms with Crippen LogP contribution in [0.1, 0.15) is 41.0 Å². The van der Waals surface area contributed by atoms with Gasteiger partial charge >= 0.3 is 5.97 Å². The fourth-order valence-corrected chi connectivity index (χ4v) is 2.52. The number of hydrogen-bond donors (Lipinski definition) is 0. The average molecular weight is 256 g/mol. The molecule has 0 radical (unpaired) electrons. The Kier molecular flexibility index (Phi) is 5.60. The average Bonchev–Trinajstić information content (AvgIpc) is 2.30. The molecule has 0 N–H and O–H groups in total. The predicted molar refractivity (Wildman–Crippen MR) is 73.6 cm³/mol. The Labute approximate surface area is 111 Å². The predicted octanol–water partition coefficient (Wildman–Crippen LogP) is 1.74. The highest BCUT2D eigenvalue weighted by Crippen LogP contribution is 2.18. The molecule has 106 valence electrons. The maximum absolute atomic E-state index is 11.9. The molecule has 4 nitrogen and oxygen atoms in total. The first-order valence-electron chi connectivity index (χ1n) is 7.05. The second-order valence-electron chi connectivity index (χ2n) is 5.87. The summed E-state index contributed by atoms with van der Waals surface area (Å²) in [7, 11) is 0. The molecule has 0 bridgehead atoms. The van der Waals surface area contributed by atoms with E-state index in [4.69, 9.17) is 4.74 Å². The van der Waals surface area contributed by atoms with Gasteiger partial charge in [-0.25, -0.2) is 0 Å². The van der Waals surface area contributed by atoms with Crippen molar-refractivity contribution in [2.24, 2.45) is 0 Å². The summed E-state index contributed by atoms with van der Waals surface area (Å²) in [6.07, 6.45) is 0.828. The number of nitrogens with zero attached hydrogens (tertiary/aromatic N) is 2. The van der Waals surface area contributed by atoms with Gasteiger partial charge in [0.2, 0.25) is 0 Å². The second kappa shape index (κ2) is 6.53. The van der Waals surface area contributed by atoms with Crippen molar-refractivity contribution in [3.8, 4) is 0 Å². The maximum Gasteiger partial charge on any atom is 0.323 e. The van der Waals surface area contributed by atoms with Crippen LogP contribution in [0.2, 0.25) is 0 Å². The molecule has 0 saturated carbocycles. The third kappa shape index (κ3) is 3.95. The van der Waals surface area contributed by atoms with Gasteiger partial charge in [0.05, 0.1) is 6.61 Å². The molecule has 1 heterocycles. The zero-order chi connectivity index (χ0) is 13.8. The molecule has 1 atom stereocenters. The Hall–Kier alpha value is -0.610. The van der Waals surface area contributed by atoms with Gasteiger partial charge in [0.25, 0.3) is 0 Å². The lowest BCUT2D eigenvalue weighted by atomic mass is 10.0. The number of ether oxygens (including phenoxy) is 1. The van der Waals surface area contributed by atoms with Gasteiger partial charge in [-0.3, -0.25) is 14.6 Å². The summed E-state index contributed by atoms with van der Waals surface area (Å²) in [5, 5.41) is 0. The van der Waals surface area contributed by atoms with Crippen molar-refractivity contribution >= 4 is 5.97 Å². The zero-order valence-electron chi connectivity index (χ0n) is 12.5. The van der Waals surface area contributed by atoms with Crippen molar-refractivity contribution in [3.05, 3.63) is 0 Å². The van der Waals surface area contributed by atoms with Gasteiger partial charge in [-0.1, -0.05) is 6.92 Å². The molecular weight excluding hydrogens is 228 g/mol. The van der Waals surface area contributed by atoms with Crippen molar-refractivity contribution in [3.63, 3.8) is 0 Å². The monoisotopic (exact) mass is 256 g/mol. The first kappa shape index (κ1) is 15.4. The summed E-state index contributed by atoms with van der Waals surface area (Å²) >= 11 is 0. The quantitative estimate of drug-likeness (QED) is 0.717. The Morgan fingerprint density at radius 1 is 1.17 bits per heavy atom. The summed E-state index contributed by atoms with van der Waals surface area (Å²) in [4.78, 5) is 16.6. The smallest absolute Gasteiger partial charge is 0.323 e. The molecule has 0 amide bonds. The Morgan fingerprint density at radius 2 is 1.72 bits per heavy atom. The molecule has 18 heavy (non-hydrogen) atoms. The minimum absolute atomic E-state index is 0.0629. The molecule has 1 aliphatic heterocycles. The summed E-state index contributed by atoms with van der Waals surface area (Å²) in [5.41, 5.74) is 0.220. The lowest BCUT2D eigenvalue weighted by Crippen LogP contribution is -2.57. The first-order valence-corrected chi connectivity index (χ1v) is 7.05. The molecular formula is C14H28N2O2. The van der Waals surface area contributed by atoms with Crippen molar-refractivity contribution in [2.45, 2.75) is 52.6 Å². The van der Waals surface area contributed by atoms with E-state index < -0.39 is 0 Å². The van der Waals surface area contributed by atoms with E-state index in [9.17, 15) is 4.79 Å². The molecule has 0 aliphatic carbocycles. The number of hydrogen-bond acceptors (Lipinski definition) is 4. The van der Waals surface area contributed by atoms with Crippen LogP contribution < -0.4 is 0 Å². The van der Waals surface area contributed by atoms with E-state index in [2.05, 4.69) is 37.5 Å². The summed E-state index contributed by atoms with van der Waals surface area (Å²) in [6.45, 7) is 15.1. The van der Waals surface area contributed by atoms with Crippen LogP contribution in [0, 0.1) is 0 Å². The summed E-state index contributed by atoms with van der Waals surface area (Å²) < 4.78 is 5.15. The Bertz CT molecular complexity index is 265. The number of carbonyl (C=O) groups is 1. The fraction of sp³-hybridized carbons (Fsp3) is 0.929. The number of rotatable bonds is 4. The molecule has 1 rings (SSSR count). The maximum atomic E-state index is 11.9. The van der Waals surface area contributed by atoms with E-state index in [0.29, 0.717) is 6.61 Å². The Morgan fingerprint density at radius 3 is 2.11 bits per heavy atom. The largest absolute Gasteiger partial charge is 0.465 e. The molecule has 1 unspecified atom stereocenters. The van der Waals surface area contributed by atoms with Crippen LogP contribution in [0.15, 0.2) is 0 Å². The molecule has 1 aliphatic rings. The number of piperazine rings is 1. The van der Waals surface area contributed by atoms with E-state index in [1.165, 1.54) is 0 Å². The van der Waals surface area contributed by atoms with Gasteiger partial charge in [0.1, 0.15) is 6.04 Å².